The molecule has 2 aromatic carbocycles. The van der Waals surface area contributed by atoms with E-state index in [0.717, 1.165) is 47.6 Å². The van der Waals surface area contributed by atoms with Crippen molar-refractivity contribution in [2.75, 3.05) is 18.6 Å². The summed E-state index contributed by atoms with van der Waals surface area (Å²) in [6, 6.07) is 16.0. The van der Waals surface area contributed by atoms with Crippen molar-refractivity contribution in [3.8, 4) is 5.75 Å². The average Bonchev–Trinajstić information content (AvgIpc) is 3.20. The maximum atomic E-state index is 13.2. The molecule has 1 aliphatic heterocycles. The highest BCUT2D eigenvalue weighted by Crippen LogP contribution is 2.45. The Hall–Kier alpha value is -2.47. The number of anilines is 1. The third-order valence-electron chi connectivity index (χ3n) is 5.60. The number of thioether (sulfide) groups is 1. The Morgan fingerprint density at radius 3 is 2.59 bits per heavy atom. The van der Waals surface area contributed by atoms with Gasteiger partial charge in [-0.05, 0) is 42.7 Å². The first kappa shape index (κ1) is 19.8. The lowest BCUT2D eigenvalue weighted by Gasteiger charge is -2.23. The fourth-order valence-corrected chi connectivity index (χ4v) is 5.32. The molecular weight excluding hydrogens is 384 g/mol. The first-order valence-corrected chi connectivity index (χ1v) is 11.0. The van der Waals surface area contributed by atoms with E-state index in [-0.39, 0.29) is 29.7 Å². The topological polar surface area (TPSA) is 58.6 Å². The summed E-state index contributed by atoms with van der Waals surface area (Å²) < 4.78 is 5.25. The second kappa shape index (κ2) is 8.91. The number of ether oxygens (including phenoxy) is 1. The van der Waals surface area contributed by atoms with E-state index in [4.69, 9.17) is 4.74 Å². The molecule has 6 heteroatoms. The Balaban J connectivity index is 1.55. The molecule has 2 aliphatic rings. The van der Waals surface area contributed by atoms with Gasteiger partial charge in [0.2, 0.25) is 11.8 Å². The SMILES string of the molecule is COc1ccc(C2CC(=O)N(CC(=O)NC3CCCC3)c3ccccc3S2)cc1. The molecular formula is C23H26N2O3S. The third kappa shape index (κ3) is 4.58. The largest absolute Gasteiger partial charge is 0.497 e. The van der Waals surface area contributed by atoms with E-state index in [1.54, 1.807) is 23.8 Å². The summed E-state index contributed by atoms with van der Waals surface area (Å²) in [4.78, 5) is 28.5. The van der Waals surface area contributed by atoms with Gasteiger partial charge < -0.3 is 15.0 Å². The van der Waals surface area contributed by atoms with Crippen molar-refractivity contribution in [1.29, 1.82) is 0 Å². The summed E-state index contributed by atoms with van der Waals surface area (Å²) in [5.41, 5.74) is 1.90. The number of nitrogens with one attached hydrogen (secondary N) is 1. The number of para-hydroxylation sites is 1. The van der Waals surface area contributed by atoms with Gasteiger partial charge >= 0.3 is 0 Å². The standard InChI is InChI=1S/C23H26N2O3S/c1-28-18-12-10-16(11-13-18)21-14-23(27)25(19-8-4-5-9-20(19)29-21)15-22(26)24-17-6-2-3-7-17/h4-5,8-13,17,21H,2-3,6-7,14-15H2,1H3,(H,24,26). The fourth-order valence-electron chi connectivity index (χ4n) is 4.04. The first-order valence-electron chi connectivity index (χ1n) is 10.1. The lowest BCUT2D eigenvalue weighted by atomic mass is 10.1. The molecule has 4 rings (SSSR count). The van der Waals surface area contributed by atoms with Crippen molar-refractivity contribution in [1.82, 2.24) is 5.32 Å². The quantitative estimate of drug-likeness (QED) is 0.797. The number of carbonyl (C=O) groups is 2. The molecule has 1 atom stereocenters. The Kier molecular flexibility index (Phi) is 6.09. The van der Waals surface area contributed by atoms with Crippen molar-refractivity contribution in [2.24, 2.45) is 0 Å². The van der Waals surface area contributed by atoms with Gasteiger partial charge in [-0.2, -0.15) is 0 Å². The molecule has 1 heterocycles. The zero-order valence-electron chi connectivity index (χ0n) is 16.6. The van der Waals surface area contributed by atoms with Crippen molar-refractivity contribution >= 4 is 29.3 Å². The second-order valence-electron chi connectivity index (χ2n) is 7.58. The average molecular weight is 411 g/mol. The lowest BCUT2D eigenvalue weighted by molar-refractivity contribution is -0.124. The molecule has 2 aromatic rings. The van der Waals surface area contributed by atoms with Gasteiger partial charge in [-0.1, -0.05) is 37.1 Å². The van der Waals surface area contributed by atoms with Gasteiger partial charge in [0.15, 0.2) is 0 Å². The molecule has 2 amide bonds. The van der Waals surface area contributed by atoms with Crippen LogP contribution < -0.4 is 15.0 Å². The van der Waals surface area contributed by atoms with Crippen LogP contribution in [0.3, 0.4) is 0 Å². The van der Waals surface area contributed by atoms with Gasteiger partial charge in [0, 0.05) is 22.6 Å². The Morgan fingerprint density at radius 1 is 1.14 bits per heavy atom. The summed E-state index contributed by atoms with van der Waals surface area (Å²) >= 11 is 1.68. The van der Waals surface area contributed by atoms with E-state index in [1.165, 1.54) is 0 Å². The monoisotopic (exact) mass is 410 g/mol. The lowest BCUT2D eigenvalue weighted by Crippen LogP contribution is -2.43. The van der Waals surface area contributed by atoms with Gasteiger partial charge in [0.1, 0.15) is 12.3 Å². The van der Waals surface area contributed by atoms with Crippen LogP contribution in [-0.2, 0) is 9.59 Å². The summed E-state index contributed by atoms with van der Waals surface area (Å²) in [7, 11) is 1.64. The molecule has 0 spiro atoms. The molecule has 1 fully saturated rings. The number of hydrogen-bond acceptors (Lipinski definition) is 4. The van der Waals surface area contributed by atoms with E-state index < -0.39 is 0 Å². The summed E-state index contributed by atoms with van der Waals surface area (Å²) in [6.07, 6.45) is 4.74. The van der Waals surface area contributed by atoms with Gasteiger partial charge in [0.25, 0.3) is 0 Å². The molecule has 0 saturated heterocycles. The second-order valence-corrected chi connectivity index (χ2v) is 8.82. The molecule has 29 heavy (non-hydrogen) atoms. The number of hydrogen-bond donors (Lipinski definition) is 1. The molecule has 0 bridgehead atoms. The highest BCUT2D eigenvalue weighted by molar-refractivity contribution is 7.99. The highest BCUT2D eigenvalue weighted by Gasteiger charge is 2.31. The highest BCUT2D eigenvalue weighted by atomic mass is 32.2. The Bertz CT molecular complexity index is 878. The number of carbonyl (C=O) groups excluding carboxylic acids is 2. The molecule has 1 saturated carbocycles. The van der Waals surface area contributed by atoms with Crippen LogP contribution in [0.2, 0.25) is 0 Å². The van der Waals surface area contributed by atoms with Crippen molar-refractivity contribution in [3.05, 3.63) is 54.1 Å². The predicted molar refractivity (Wildman–Crippen MR) is 115 cm³/mol. The molecule has 5 nitrogen and oxygen atoms in total. The van der Waals surface area contributed by atoms with Crippen molar-refractivity contribution < 1.29 is 14.3 Å². The molecule has 1 unspecified atom stereocenters. The van der Waals surface area contributed by atoms with Crippen LogP contribution >= 0.6 is 11.8 Å². The number of methoxy groups -OCH3 is 1. The minimum absolute atomic E-state index is 0.00236. The van der Waals surface area contributed by atoms with E-state index >= 15 is 0 Å². The molecule has 1 N–H and O–H groups in total. The number of amides is 2. The summed E-state index contributed by atoms with van der Waals surface area (Å²) in [5.74, 6) is 0.696. The van der Waals surface area contributed by atoms with Crippen LogP contribution in [0.5, 0.6) is 5.75 Å². The van der Waals surface area contributed by atoms with Crippen LogP contribution in [0.25, 0.3) is 0 Å². The predicted octanol–water partition coefficient (Wildman–Crippen LogP) is 4.32. The molecule has 0 aromatic heterocycles. The van der Waals surface area contributed by atoms with E-state index in [0.29, 0.717) is 6.42 Å². The van der Waals surface area contributed by atoms with Gasteiger partial charge in [0.05, 0.1) is 12.8 Å². The minimum Gasteiger partial charge on any atom is -0.497 e. The van der Waals surface area contributed by atoms with Crippen molar-refractivity contribution in [2.45, 2.75) is 48.3 Å². The minimum atomic E-state index is -0.0760. The van der Waals surface area contributed by atoms with Crippen LogP contribution in [0, 0.1) is 0 Å². The smallest absolute Gasteiger partial charge is 0.240 e. The van der Waals surface area contributed by atoms with Gasteiger partial charge in [-0.25, -0.2) is 0 Å². The summed E-state index contributed by atoms with van der Waals surface area (Å²) in [6.45, 7) is 0.0717. The molecule has 1 aliphatic carbocycles. The maximum Gasteiger partial charge on any atom is 0.240 e. The van der Waals surface area contributed by atoms with E-state index in [9.17, 15) is 9.59 Å². The zero-order valence-corrected chi connectivity index (χ0v) is 17.4. The number of rotatable bonds is 5. The van der Waals surface area contributed by atoms with Crippen LogP contribution in [0.4, 0.5) is 5.69 Å². The van der Waals surface area contributed by atoms with E-state index in [1.807, 2.05) is 48.5 Å². The molecule has 152 valence electrons. The Labute approximate surface area is 175 Å². The normalized spacial score (nSPS) is 19.6. The zero-order chi connectivity index (χ0) is 20.2. The van der Waals surface area contributed by atoms with Crippen LogP contribution in [-0.4, -0.2) is 31.5 Å². The van der Waals surface area contributed by atoms with Crippen molar-refractivity contribution in [3.63, 3.8) is 0 Å². The molecule has 0 radical (unpaired) electrons. The first-order chi connectivity index (χ1) is 14.1. The van der Waals surface area contributed by atoms with Crippen LogP contribution in [0.1, 0.15) is 42.9 Å². The number of benzene rings is 2. The van der Waals surface area contributed by atoms with Gasteiger partial charge in [-0.15, -0.1) is 11.8 Å². The summed E-state index contributed by atoms with van der Waals surface area (Å²) in [5, 5.41) is 3.10. The fraction of sp³-hybridized carbons (Fsp3) is 0.391. The Morgan fingerprint density at radius 2 is 1.86 bits per heavy atom. The van der Waals surface area contributed by atoms with Crippen LogP contribution in [0.15, 0.2) is 53.4 Å². The van der Waals surface area contributed by atoms with E-state index in [2.05, 4.69) is 5.32 Å². The maximum absolute atomic E-state index is 13.2. The number of nitrogens with zero attached hydrogens (tertiary/aromatic N) is 1. The number of fused-ring (bicyclic) bond motifs is 1. The van der Waals surface area contributed by atoms with Gasteiger partial charge in [-0.3, -0.25) is 9.59 Å². The third-order valence-corrected chi connectivity index (χ3v) is 6.92.